The topological polar surface area (TPSA) is 109 Å². The van der Waals surface area contributed by atoms with Gasteiger partial charge in [0.05, 0.1) is 6.54 Å². The van der Waals surface area contributed by atoms with Crippen molar-refractivity contribution < 1.29 is 19.1 Å². The van der Waals surface area contributed by atoms with Gasteiger partial charge in [-0.05, 0) is 55.3 Å². The third-order valence-corrected chi connectivity index (χ3v) is 4.53. The van der Waals surface area contributed by atoms with E-state index in [9.17, 15) is 14.4 Å². The molecule has 0 radical (unpaired) electrons. The number of benzene rings is 2. The molecular formula is C23H30N4O4. The van der Waals surface area contributed by atoms with Crippen LogP contribution in [-0.2, 0) is 14.3 Å². The van der Waals surface area contributed by atoms with Gasteiger partial charge in [0.1, 0.15) is 0 Å². The maximum Gasteiger partial charge on any atom is 0.251 e. The van der Waals surface area contributed by atoms with E-state index in [1.165, 1.54) is 0 Å². The average molecular weight is 427 g/mol. The zero-order chi connectivity index (χ0) is 22.6. The third-order valence-electron chi connectivity index (χ3n) is 4.53. The van der Waals surface area contributed by atoms with Gasteiger partial charge in [-0.2, -0.15) is 0 Å². The van der Waals surface area contributed by atoms with Gasteiger partial charge in [0.15, 0.2) is 0 Å². The van der Waals surface area contributed by atoms with Gasteiger partial charge < -0.3 is 26.0 Å². The molecular weight excluding hydrogens is 396 g/mol. The van der Waals surface area contributed by atoms with Crippen molar-refractivity contribution in [3.63, 3.8) is 0 Å². The molecule has 0 aromatic heterocycles. The number of carbonyl (C=O) groups excluding carboxylic acids is 3. The molecule has 8 heteroatoms. The van der Waals surface area contributed by atoms with Gasteiger partial charge in [0.2, 0.25) is 11.8 Å². The number of rotatable bonds is 11. The van der Waals surface area contributed by atoms with E-state index in [0.29, 0.717) is 36.5 Å². The first-order valence-electron chi connectivity index (χ1n) is 10.2. The molecule has 0 heterocycles. The zero-order valence-corrected chi connectivity index (χ0v) is 18.2. The molecule has 0 atom stereocenters. The van der Waals surface area contributed by atoms with E-state index in [-0.39, 0.29) is 24.3 Å². The van der Waals surface area contributed by atoms with Gasteiger partial charge >= 0.3 is 0 Å². The molecule has 3 amide bonds. The van der Waals surface area contributed by atoms with E-state index < -0.39 is 0 Å². The van der Waals surface area contributed by atoms with Crippen LogP contribution in [0.25, 0.3) is 0 Å². The molecule has 4 N–H and O–H groups in total. The normalized spacial score (nSPS) is 10.3. The minimum absolute atomic E-state index is 0.0626. The summed E-state index contributed by atoms with van der Waals surface area (Å²) in [6.07, 6.45) is 1.14. The Morgan fingerprint density at radius 1 is 0.935 bits per heavy atom. The first-order valence-corrected chi connectivity index (χ1v) is 10.2. The van der Waals surface area contributed by atoms with Crippen LogP contribution in [-0.4, -0.2) is 44.5 Å². The lowest BCUT2D eigenvalue weighted by molar-refractivity contribution is -0.116. The second-order valence-corrected chi connectivity index (χ2v) is 7.01. The fourth-order valence-electron chi connectivity index (χ4n) is 2.72. The van der Waals surface area contributed by atoms with Crippen LogP contribution in [0.5, 0.6) is 0 Å². The van der Waals surface area contributed by atoms with Crippen LogP contribution < -0.4 is 21.3 Å². The number of nitrogens with one attached hydrogen (secondary N) is 4. The number of methoxy groups -OCH3 is 1. The lowest BCUT2D eigenvalue weighted by atomic mass is 10.1. The minimum Gasteiger partial charge on any atom is -0.385 e. The molecule has 0 bridgehead atoms. The van der Waals surface area contributed by atoms with Gasteiger partial charge in [-0.15, -0.1) is 0 Å². The van der Waals surface area contributed by atoms with Crippen molar-refractivity contribution in [2.75, 3.05) is 42.8 Å². The Kier molecular flexibility index (Phi) is 9.51. The van der Waals surface area contributed by atoms with Crippen molar-refractivity contribution in [2.24, 2.45) is 0 Å². The lowest BCUT2D eigenvalue weighted by Gasteiger charge is -2.12. The quantitative estimate of drug-likeness (QED) is 0.413. The van der Waals surface area contributed by atoms with Crippen LogP contribution in [0, 0.1) is 6.92 Å². The van der Waals surface area contributed by atoms with Gasteiger partial charge in [-0.3, -0.25) is 14.4 Å². The summed E-state index contributed by atoms with van der Waals surface area (Å²) in [5.41, 5.74) is 3.47. The predicted molar refractivity (Wildman–Crippen MR) is 122 cm³/mol. The lowest BCUT2D eigenvalue weighted by Crippen LogP contribution is -2.25. The summed E-state index contributed by atoms with van der Waals surface area (Å²) in [4.78, 5) is 36.0. The number of hydrogen-bond acceptors (Lipinski definition) is 5. The maximum absolute atomic E-state index is 12.3. The first-order chi connectivity index (χ1) is 14.9. The Labute approximate surface area is 182 Å². The van der Waals surface area contributed by atoms with Crippen molar-refractivity contribution in [1.29, 1.82) is 0 Å². The van der Waals surface area contributed by atoms with E-state index in [0.717, 1.165) is 17.7 Å². The van der Waals surface area contributed by atoms with E-state index in [4.69, 9.17) is 4.74 Å². The van der Waals surface area contributed by atoms with Crippen molar-refractivity contribution in [1.82, 2.24) is 5.32 Å². The highest BCUT2D eigenvalue weighted by atomic mass is 16.5. The second-order valence-electron chi connectivity index (χ2n) is 7.01. The molecule has 0 saturated heterocycles. The fraction of sp³-hybridized carbons (Fsp3) is 0.348. The third kappa shape index (κ3) is 8.10. The van der Waals surface area contributed by atoms with Crippen molar-refractivity contribution in [2.45, 2.75) is 26.7 Å². The second kappa shape index (κ2) is 12.3. The standard InChI is InChI=1S/C23H30N4O4/c1-4-21(28)27-20-14-19(9-6-16(20)2)26-22(29)15-25-18-10-7-17(8-11-18)23(30)24-12-5-13-31-3/h6-11,14,25H,4-5,12-13,15H2,1-3H3,(H,24,30)(H,26,29)(H,27,28). The molecule has 8 nitrogen and oxygen atoms in total. The summed E-state index contributed by atoms with van der Waals surface area (Å²) >= 11 is 0. The molecule has 166 valence electrons. The molecule has 2 rings (SSSR count). The summed E-state index contributed by atoms with van der Waals surface area (Å²) in [6.45, 7) is 4.89. The minimum atomic E-state index is -0.225. The fourth-order valence-corrected chi connectivity index (χ4v) is 2.72. The van der Waals surface area contributed by atoms with Crippen LogP contribution in [0.15, 0.2) is 42.5 Å². The highest BCUT2D eigenvalue weighted by molar-refractivity contribution is 5.96. The van der Waals surface area contributed by atoms with Crippen molar-refractivity contribution >= 4 is 34.8 Å². The van der Waals surface area contributed by atoms with Crippen LogP contribution in [0.1, 0.15) is 35.7 Å². The van der Waals surface area contributed by atoms with E-state index in [1.807, 2.05) is 13.0 Å². The summed E-state index contributed by atoms with van der Waals surface area (Å²) in [6, 6.07) is 12.3. The Bertz CT molecular complexity index is 897. The predicted octanol–water partition coefficient (Wildman–Crippen LogP) is 3.16. The van der Waals surface area contributed by atoms with Crippen LogP contribution in [0.3, 0.4) is 0 Å². The first kappa shape index (κ1) is 23.9. The molecule has 2 aromatic rings. The SMILES string of the molecule is CCC(=O)Nc1cc(NC(=O)CNc2ccc(C(=O)NCCCOC)cc2)ccc1C. The Morgan fingerprint density at radius 2 is 1.65 bits per heavy atom. The molecule has 0 unspecified atom stereocenters. The Morgan fingerprint density at radius 3 is 2.32 bits per heavy atom. The van der Waals surface area contributed by atoms with Crippen LogP contribution in [0.2, 0.25) is 0 Å². The molecule has 0 spiro atoms. The maximum atomic E-state index is 12.3. The number of hydrogen-bond donors (Lipinski definition) is 4. The van der Waals surface area contributed by atoms with Crippen molar-refractivity contribution in [3.05, 3.63) is 53.6 Å². The van der Waals surface area contributed by atoms with E-state index >= 15 is 0 Å². The Hall–Kier alpha value is -3.39. The van der Waals surface area contributed by atoms with Crippen LogP contribution >= 0.6 is 0 Å². The molecule has 2 aromatic carbocycles. The van der Waals surface area contributed by atoms with E-state index in [1.54, 1.807) is 50.4 Å². The van der Waals surface area contributed by atoms with Gasteiger partial charge in [0.25, 0.3) is 5.91 Å². The summed E-state index contributed by atoms with van der Waals surface area (Å²) in [7, 11) is 1.62. The van der Waals surface area contributed by atoms with Crippen LogP contribution in [0.4, 0.5) is 17.1 Å². The number of anilines is 3. The molecule has 0 aliphatic rings. The largest absolute Gasteiger partial charge is 0.385 e. The molecule has 0 fully saturated rings. The Balaban J connectivity index is 1.84. The van der Waals surface area contributed by atoms with Gasteiger partial charge in [0, 0.05) is 49.3 Å². The molecule has 31 heavy (non-hydrogen) atoms. The van der Waals surface area contributed by atoms with Gasteiger partial charge in [-0.25, -0.2) is 0 Å². The monoisotopic (exact) mass is 426 g/mol. The number of ether oxygens (including phenoxy) is 1. The molecule has 0 aliphatic heterocycles. The van der Waals surface area contributed by atoms with E-state index in [2.05, 4.69) is 21.3 Å². The summed E-state index contributed by atoms with van der Waals surface area (Å²) in [5, 5.41) is 11.5. The highest BCUT2D eigenvalue weighted by Gasteiger charge is 2.08. The number of carbonyl (C=O) groups is 3. The average Bonchev–Trinajstić information content (AvgIpc) is 2.77. The number of aryl methyl sites for hydroxylation is 1. The highest BCUT2D eigenvalue weighted by Crippen LogP contribution is 2.20. The number of amides is 3. The van der Waals surface area contributed by atoms with Gasteiger partial charge in [-0.1, -0.05) is 13.0 Å². The van der Waals surface area contributed by atoms with Crippen molar-refractivity contribution in [3.8, 4) is 0 Å². The molecule has 0 saturated carbocycles. The summed E-state index contributed by atoms with van der Waals surface area (Å²) in [5.74, 6) is -0.456. The zero-order valence-electron chi connectivity index (χ0n) is 18.2. The molecule has 0 aliphatic carbocycles. The summed E-state index contributed by atoms with van der Waals surface area (Å²) < 4.78 is 4.95. The smallest absolute Gasteiger partial charge is 0.251 e.